The lowest BCUT2D eigenvalue weighted by molar-refractivity contribution is 0.0538. The fourth-order valence-electron chi connectivity index (χ4n) is 2.21. The van der Waals surface area contributed by atoms with Gasteiger partial charge in [-0.05, 0) is 40.5 Å². The highest BCUT2D eigenvalue weighted by atomic mass is 15.2. The molecule has 0 bridgehead atoms. The van der Waals surface area contributed by atoms with Crippen molar-refractivity contribution in [2.75, 3.05) is 6.54 Å². The van der Waals surface area contributed by atoms with Crippen molar-refractivity contribution in [2.45, 2.75) is 58.2 Å². The molecular formula is C10H22N2. The van der Waals surface area contributed by atoms with Gasteiger partial charge in [0, 0.05) is 24.2 Å². The Kier molecular flexibility index (Phi) is 2.79. The van der Waals surface area contributed by atoms with E-state index in [1.807, 2.05) is 0 Å². The van der Waals surface area contributed by atoms with E-state index in [4.69, 9.17) is 5.73 Å². The number of hydrogen-bond acceptors (Lipinski definition) is 2. The maximum absolute atomic E-state index is 5.90. The van der Waals surface area contributed by atoms with Crippen LogP contribution in [0.4, 0.5) is 0 Å². The van der Waals surface area contributed by atoms with Crippen molar-refractivity contribution in [1.82, 2.24) is 4.90 Å². The van der Waals surface area contributed by atoms with Crippen molar-refractivity contribution in [3.63, 3.8) is 0 Å². The zero-order valence-corrected chi connectivity index (χ0v) is 8.80. The van der Waals surface area contributed by atoms with Gasteiger partial charge in [-0.15, -0.1) is 0 Å². The highest BCUT2D eigenvalue weighted by molar-refractivity contribution is 4.87. The molecule has 2 N–H and O–H groups in total. The van der Waals surface area contributed by atoms with Crippen LogP contribution in [0.1, 0.15) is 40.5 Å². The maximum atomic E-state index is 5.90. The summed E-state index contributed by atoms with van der Waals surface area (Å²) < 4.78 is 0. The summed E-state index contributed by atoms with van der Waals surface area (Å²) >= 11 is 0. The van der Waals surface area contributed by atoms with Gasteiger partial charge in [-0.2, -0.15) is 0 Å². The smallest absolute Gasteiger partial charge is 0.0127 e. The summed E-state index contributed by atoms with van der Waals surface area (Å²) in [6, 6.07) is 1.08. The molecule has 0 saturated carbocycles. The number of piperidine rings is 1. The van der Waals surface area contributed by atoms with Crippen LogP contribution in [0.2, 0.25) is 0 Å². The van der Waals surface area contributed by atoms with Crippen molar-refractivity contribution >= 4 is 0 Å². The Morgan fingerprint density at radius 1 is 1.33 bits per heavy atom. The van der Waals surface area contributed by atoms with Crippen LogP contribution in [0.25, 0.3) is 0 Å². The quantitative estimate of drug-likeness (QED) is 0.598. The fraction of sp³-hybridized carbons (Fsp3) is 1.00. The van der Waals surface area contributed by atoms with Crippen LogP contribution in [0.3, 0.4) is 0 Å². The summed E-state index contributed by atoms with van der Waals surface area (Å²) in [4.78, 5) is 2.55. The number of nitrogens with two attached hydrogens (primary N) is 1. The molecule has 72 valence electrons. The van der Waals surface area contributed by atoms with Gasteiger partial charge in [-0.3, -0.25) is 4.90 Å². The molecule has 2 nitrogen and oxygen atoms in total. The minimum Gasteiger partial charge on any atom is -0.328 e. The molecule has 0 aromatic carbocycles. The normalized spacial score (nSPS) is 33.8. The third kappa shape index (κ3) is 2.20. The summed E-state index contributed by atoms with van der Waals surface area (Å²) in [5, 5.41) is 0. The van der Waals surface area contributed by atoms with E-state index < -0.39 is 0 Å². The lowest BCUT2D eigenvalue weighted by Crippen LogP contribution is -2.53. The second-order valence-electron chi connectivity index (χ2n) is 5.00. The molecule has 1 saturated heterocycles. The Hall–Kier alpha value is -0.0800. The minimum atomic E-state index is 0.305. The van der Waals surface area contributed by atoms with Gasteiger partial charge in [0.25, 0.3) is 0 Å². The average molecular weight is 170 g/mol. The van der Waals surface area contributed by atoms with E-state index in [1.165, 1.54) is 0 Å². The molecule has 0 aromatic heterocycles. The first-order valence-corrected chi connectivity index (χ1v) is 4.93. The molecule has 0 aliphatic carbocycles. The van der Waals surface area contributed by atoms with Gasteiger partial charge in [0.05, 0.1) is 0 Å². The molecule has 2 atom stereocenters. The second kappa shape index (κ2) is 3.35. The zero-order chi connectivity index (χ0) is 9.35. The number of likely N-dealkylation sites (tertiary alicyclic amines) is 1. The molecule has 1 fully saturated rings. The van der Waals surface area contributed by atoms with Crippen LogP contribution in [0, 0.1) is 0 Å². The monoisotopic (exact) mass is 170 g/mol. The van der Waals surface area contributed by atoms with Crippen molar-refractivity contribution in [3.8, 4) is 0 Å². The zero-order valence-electron chi connectivity index (χ0n) is 8.80. The molecule has 12 heavy (non-hydrogen) atoms. The van der Waals surface area contributed by atoms with Crippen molar-refractivity contribution in [2.24, 2.45) is 5.73 Å². The molecule has 0 radical (unpaired) electrons. The van der Waals surface area contributed by atoms with E-state index in [0.29, 0.717) is 17.6 Å². The molecule has 0 spiro atoms. The summed E-state index contributed by atoms with van der Waals surface area (Å²) in [7, 11) is 0. The fourth-order valence-corrected chi connectivity index (χ4v) is 2.21. The minimum absolute atomic E-state index is 0.305. The van der Waals surface area contributed by atoms with E-state index in [2.05, 4.69) is 32.6 Å². The van der Waals surface area contributed by atoms with E-state index in [9.17, 15) is 0 Å². The first kappa shape index (κ1) is 10.0. The molecule has 0 amide bonds. The SMILES string of the molecule is CC1CC(N)CCN1C(C)(C)C. The molecule has 1 heterocycles. The van der Waals surface area contributed by atoms with Gasteiger partial charge < -0.3 is 5.73 Å². The topological polar surface area (TPSA) is 29.3 Å². The number of nitrogens with zero attached hydrogens (tertiary/aromatic N) is 1. The van der Waals surface area contributed by atoms with Crippen LogP contribution in [0.15, 0.2) is 0 Å². The first-order chi connectivity index (χ1) is 5.41. The average Bonchev–Trinajstić information content (AvgIpc) is 1.83. The van der Waals surface area contributed by atoms with Crippen LogP contribution < -0.4 is 5.73 Å². The summed E-state index contributed by atoms with van der Waals surface area (Å²) in [5.41, 5.74) is 6.21. The molecule has 1 aliphatic heterocycles. The molecule has 2 unspecified atom stereocenters. The third-order valence-corrected chi connectivity index (χ3v) is 2.78. The summed E-state index contributed by atoms with van der Waals surface area (Å²) in [6.45, 7) is 10.3. The largest absolute Gasteiger partial charge is 0.328 e. The highest BCUT2D eigenvalue weighted by Crippen LogP contribution is 2.24. The lowest BCUT2D eigenvalue weighted by Gasteiger charge is -2.44. The second-order valence-corrected chi connectivity index (χ2v) is 5.00. The van der Waals surface area contributed by atoms with Crippen LogP contribution in [0.5, 0.6) is 0 Å². The van der Waals surface area contributed by atoms with Gasteiger partial charge in [0.2, 0.25) is 0 Å². The molecule has 1 rings (SSSR count). The van der Waals surface area contributed by atoms with Crippen molar-refractivity contribution in [3.05, 3.63) is 0 Å². The predicted octanol–water partition coefficient (Wildman–Crippen LogP) is 1.60. The standard InChI is InChI=1S/C10H22N2/c1-8-7-9(11)5-6-12(8)10(2,3)4/h8-9H,5-7,11H2,1-4H3. The van der Waals surface area contributed by atoms with E-state index in [0.717, 1.165) is 19.4 Å². The van der Waals surface area contributed by atoms with Crippen LogP contribution >= 0.6 is 0 Å². The van der Waals surface area contributed by atoms with Gasteiger partial charge in [-0.25, -0.2) is 0 Å². The Morgan fingerprint density at radius 3 is 2.33 bits per heavy atom. The highest BCUT2D eigenvalue weighted by Gasteiger charge is 2.30. The Balaban J connectivity index is 2.57. The molecule has 0 aromatic rings. The van der Waals surface area contributed by atoms with Crippen molar-refractivity contribution in [1.29, 1.82) is 0 Å². The lowest BCUT2D eigenvalue weighted by atomic mass is 9.93. The van der Waals surface area contributed by atoms with Gasteiger partial charge >= 0.3 is 0 Å². The Morgan fingerprint density at radius 2 is 1.92 bits per heavy atom. The molecule has 2 heteroatoms. The number of hydrogen-bond donors (Lipinski definition) is 1. The molecule has 1 aliphatic rings. The van der Waals surface area contributed by atoms with Gasteiger partial charge in [0.15, 0.2) is 0 Å². The first-order valence-electron chi connectivity index (χ1n) is 4.93. The predicted molar refractivity (Wildman–Crippen MR) is 53.1 cm³/mol. The van der Waals surface area contributed by atoms with E-state index in [-0.39, 0.29) is 0 Å². The van der Waals surface area contributed by atoms with Crippen molar-refractivity contribution < 1.29 is 0 Å². The van der Waals surface area contributed by atoms with E-state index in [1.54, 1.807) is 0 Å². The Bertz CT molecular complexity index is 148. The van der Waals surface area contributed by atoms with Crippen LogP contribution in [-0.2, 0) is 0 Å². The summed E-state index contributed by atoms with van der Waals surface area (Å²) in [6.07, 6.45) is 2.30. The Labute approximate surface area is 76.1 Å². The third-order valence-electron chi connectivity index (χ3n) is 2.78. The van der Waals surface area contributed by atoms with Crippen LogP contribution in [-0.4, -0.2) is 29.1 Å². The summed E-state index contributed by atoms with van der Waals surface area (Å²) in [5.74, 6) is 0. The number of rotatable bonds is 0. The van der Waals surface area contributed by atoms with E-state index >= 15 is 0 Å². The maximum Gasteiger partial charge on any atom is 0.0127 e. The van der Waals surface area contributed by atoms with Gasteiger partial charge in [0.1, 0.15) is 0 Å². The molecular weight excluding hydrogens is 148 g/mol. The van der Waals surface area contributed by atoms with Gasteiger partial charge in [-0.1, -0.05) is 0 Å².